The Labute approximate surface area is 186 Å². The van der Waals surface area contributed by atoms with Crippen molar-refractivity contribution in [2.75, 3.05) is 5.32 Å². The van der Waals surface area contributed by atoms with Gasteiger partial charge in [0.15, 0.2) is 5.58 Å². The Morgan fingerprint density at radius 3 is 1.81 bits per heavy atom. The monoisotopic (exact) mass is 430 g/mol. The van der Waals surface area contributed by atoms with E-state index in [1.165, 1.54) is 19.3 Å². The van der Waals surface area contributed by atoms with Crippen molar-refractivity contribution in [1.82, 2.24) is 0 Å². The summed E-state index contributed by atoms with van der Waals surface area (Å²) in [6.07, 6.45) is 5.75. The van der Waals surface area contributed by atoms with Gasteiger partial charge in [-0.15, -0.1) is 0 Å². The minimum atomic E-state index is -3.17. The van der Waals surface area contributed by atoms with E-state index in [0.29, 0.717) is 5.58 Å². The zero-order valence-corrected chi connectivity index (χ0v) is 19.3. The zero-order valence-electron chi connectivity index (χ0n) is 18.4. The fourth-order valence-corrected chi connectivity index (χ4v) is 6.67. The molecule has 3 nitrogen and oxygen atoms in total. The summed E-state index contributed by atoms with van der Waals surface area (Å²) in [5.74, 6) is 0. The number of aryl methyl sites for hydroxylation is 2. The van der Waals surface area contributed by atoms with E-state index in [-0.39, 0.29) is 6.04 Å². The molecule has 1 saturated carbocycles. The van der Waals surface area contributed by atoms with Gasteiger partial charge in [0, 0.05) is 16.3 Å². The summed E-state index contributed by atoms with van der Waals surface area (Å²) >= 11 is 0. The number of amidine groups is 1. The van der Waals surface area contributed by atoms with Crippen LogP contribution in [-0.2, 0) is 4.57 Å². The zero-order chi connectivity index (χ0) is 21.7. The van der Waals surface area contributed by atoms with Gasteiger partial charge in [-0.05, 0) is 38.8 Å². The van der Waals surface area contributed by atoms with E-state index in [0.717, 1.165) is 40.3 Å². The second-order valence-corrected chi connectivity index (χ2v) is 11.2. The summed E-state index contributed by atoms with van der Waals surface area (Å²) in [5, 5.41) is 5.12. The summed E-state index contributed by atoms with van der Waals surface area (Å²) in [7, 11) is -3.17. The number of benzene rings is 3. The van der Waals surface area contributed by atoms with Gasteiger partial charge < -0.3 is 9.88 Å². The lowest BCUT2D eigenvalue weighted by atomic mass is 9.96. The third-order valence-electron chi connectivity index (χ3n) is 6.00. The van der Waals surface area contributed by atoms with Gasteiger partial charge in [0.1, 0.15) is 0 Å². The average Bonchev–Trinajstić information content (AvgIpc) is 2.80. The summed E-state index contributed by atoms with van der Waals surface area (Å²) in [4.78, 5) is 5.14. The first kappa shape index (κ1) is 21.6. The van der Waals surface area contributed by atoms with Gasteiger partial charge in [-0.1, -0.05) is 97.1 Å². The molecule has 3 aromatic rings. The minimum Gasteiger partial charge on any atom is -0.337 e. The number of rotatable bonds is 5. The second kappa shape index (κ2) is 9.66. The highest BCUT2D eigenvalue weighted by atomic mass is 31.2. The standard InChI is InChI=1S/C27H31N2OP/c1-21-13-17-25(18-14-21)31(30,26-19-15-22(2)16-20-26)27(28-23-9-5-3-6-10-23)29-24-11-7-4-8-12-24/h3,5-6,9-10,13-20,24H,4,7-8,11-12H2,1-2H3,(H,28,29). The van der Waals surface area contributed by atoms with Crippen LogP contribution >= 0.6 is 7.14 Å². The van der Waals surface area contributed by atoms with Crippen LogP contribution in [0.4, 0.5) is 5.69 Å². The molecule has 0 radical (unpaired) electrons. The summed E-state index contributed by atoms with van der Waals surface area (Å²) in [6.45, 7) is 4.11. The van der Waals surface area contributed by atoms with Gasteiger partial charge in [0.2, 0.25) is 7.14 Å². The molecule has 4 heteroatoms. The van der Waals surface area contributed by atoms with Gasteiger partial charge in [0.25, 0.3) is 0 Å². The van der Waals surface area contributed by atoms with Gasteiger partial charge in [-0.2, -0.15) is 0 Å². The van der Waals surface area contributed by atoms with Crippen molar-refractivity contribution in [2.24, 2.45) is 4.99 Å². The molecule has 0 aliphatic heterocycles. The third-order valence-corrected chi connectivity index (χ3v) is 8.88. The summed E-state index contributed by atoms with van der Waals surface area (Å²) in [6, 6.07) is 26.3. The van der Waals surface area contributed by atoms with E-state index in [4.69, 9.17) is 4.99 Å². The van der Waals surface area contributed by atoms with Crippen LogP contribution in [0.3, 0.4) is 0 Å². The lowest BCUT2D eigenvalue weighted by Gasteiger charge is -2.26. The lowest BCUT2D eigenvalue weighted by molar-refractivity contribution is 0.444. The predicted molar refractivity (Wildman–Crippen MR) is 134 cm³/mol. The number of hydrogen-bond donors (Lipinski definition) is 1. The number of nitrogens with one attached hydrogen (secondary N) is 1. The van der Waals surface area contributed by atoms with Gasteiger partial charge in [0.05, 0.1) is 6.04 Å². The Morgan fingerprint density at radius 2 is 1.29 bits per heavy atom. The Kier molecular flexibility index (Phi) is 6.73. The number of nitrogens with zero attached hydrogens (tertiary/aromatic N) is 1. The molecule has 0 bridgehead atoms. The Balaban J connectivity index is 1.88. The SMILES string of the molecule is Cc1ccc(P(=O)(C(=NC2CCCCC2)Nc2ccccc2)c2ccc(C)cc2)cc1. The van der Waals surface area contributed by atoms with Gasteiger partial charge in [-0.3, -0.25) is 4.99 Å². The molecule has 0 heterocycles. The first-order valence-corrected chi connectivity index (χ1v) is 12.9. The molecule has 3 aromatic carbocycles. The van der Waals surface area contributed by atoms with Crippen LogP contribution in [0.25, 0.3) is 0 Å². The lowest BCUT2D eigenvalue weighted by Crippen LogP contribution is -2.29. The quantitative estimate of drug-likeness (QED) is 0.288. The van der Waals surface area contributed by atoms with Crippen molar-refractivity contribution in [3.63, 3.8) is 0 Å². The molecule has 0 atom stereocenters. The van der Waals surface area contributed by atoms with E-state index in [1.807, 2.05) is 78.9 Å². The highest BCUT2D eigenvalue weighted by Gasteiger charge is 2.35. The first-order chi connectivity index (χ1) is 15.1. The largest absolute Gasteiger partial charge is 0.337 e. The fourth-order valence-electron chi connectivity index (χ4n) is 4.13. The molecule has 0 saturated heterocycles. The molecule has 0 aromatic heterocycles. The maximum atomic E-state index is 15.0. The van der Waals surface area contributed by atoms with E-state index < -0.39 is 7.14 Å². The number of hydrogen-bond acceptors (Lipinski definition) is 2. The summed E-state index contributed by atoms with van der Waals surface area (Å²) < 4.78 is 15.0. The number of para-hydroxylation sites is 1. The van der Waals surface area contributed by atoms with Crippen LogP contribution < -0.4 is 15.9 Å². The van der Waals surface area contributed by atoms with Gasteiger partial charge in [-0.25, -0.2) is 0 Å². The molecule has 1 fully saturated rings. The van der Waals surface area contributed by atoms with E-state index in [1.54, 1.807) is 0 Å². The fraction of sp³-hybridized carbons (Fsp3) is 0.296. The maximum Gasteiger partial charge on any atom is 0.204 e. The molecule has 1 aliphatic carbocycles. The Bertz CT molecular complexity index is 1020. The Hall–Kier alpha value is -2.64. The highest BCUT2D eigenvalue weighted by molar-refractivity contribution is 7.93. The molecular weight excluding hydrogens is 399 g/mol. The molecule has 0 unspecified atom stereocenters. The van der Waals surface area contributed by atoms with Crippen molar-refractivity contribution >= 4 is 29.0 Å². The van der Waals surface area contributed by atoms with Crippen LogP contribution in [0, 0.1) is 13.8 Å². The molecule has 0 spiro atoms. The molecule has 31 heavy (non-hydrogen) atoms. The second-order valence-electron chi connectivity index (χ2n) is 8.52. The number of anilines is 1. The van der Waals surface area contributed by atoms with Crippen molar-refractivity contribution in [2.45, 2.75) is 52.0 Å². The normalized spacial score (nSPS) is 15.6. The van der Waals surface area contributed by atoms with Crippen molar-refractivity contribution < 1.29 is 4.57 Å². The van der Waals surface area contributed by atoms with Crippen molar-refractivity contribution in [1.29, 1.82) is 0 Å². The summed E-state index contributed by atoms with van der Waals surface area (Å²) in [5.41, 5.74) is 3.82. The van der Waals surface area contributed by atoms with Crippen molar-refractivity contribution in [3.05, 3.63) is 90.0 Å². The molecule has 1 N–H and O–H groups in total. The van der Waals surface area contributed by atoms with E-state index >= 15 is 4.57 Å². The van der Waals surface area contributed by atoms with E-state index in [9.17, 15) is 0 Å². The van der Waals surface area contributed by atoms with Crippen molar-refractivity contribution in [3.8, 4) is 0 Å². The molecule has 0 amide bonds. The van der Waals surface area contributed by atoms with Crippen LogP contribution in [0.15, 0.2) is 83.9 Å². The molecule has 160 valence electrons. The average molecular weight is 431 g/mol. The number of aliphatic imine (C=N–C) groups is 1. The van der Waals surface area contributed by atoms with Crippen LogP contribution in [-0.4, -0.2) is 11.6 Å². The maximum absolute atomic E-state index is 15.0. The van der Waals surface area contributed by atoms with Gasteiger partial charge >= 0.3 is 0 Å². The molecule has 1 aliphatic rings. The molecule has 4 rings (SSSR count). The minimum absolute atomic E-state index is 0.212. The van der Waals surface area contributed by atoms with Crippen LogP contribution in [0.2, 0.25) is 0 Å². The van der Waals surface area contributed by atoms with Crippen LogP contribution in [0.5, 0.6) is 0 Å². The first-order valence-electron chi connectivity index (χ1n) is 11.2. The topological polar surface area (TPSA) is 41.5 Å². The van der Waals surface area contributed by atoms with E-state index in [2.05, 4.69) is 19.2 Å². The Morgan fingerprint density at radius 1 is 0.774 bits per heavy atom. The third kappa shape index (κ3) is 4.99. The highest BCUT2D eigenvalue weighted by Crippen LogP contribution is 2.46. The van der Waals surface area contributed by atoms with Crippen LogP contribution in [0.1, 0.15) is 43.2 Å². The molecular formula is C27H31N2OP. The smallest absolute Gasteiger partial charge is 0.204 e. The predicted octanol–water partition coefficient (Wildman–Crippen LogP) is 6.42.